The molecule has 2 aromatic rings. The first-order chi connectivity index (χ1) is 7.51. The SMILES string of the molecule is CCc1nn2c(P(=O)([O-])OC)csc2[n+]1N. The minimum atomic E-state index is -4.05. The van der Waals surface area contributed by atoms with Gasteiger partial charge >= 0.3 is 4.96 Å². The van der Waals surface area contributed by atoms with Crippen molar-refractivity contribution in [1.82, 2.24) is 9.61 Å². The van der Waals surface area contributed by atoms with Crippen LogP contribution in [0.2, 0.25) is 0 Å². The Morgan fingerprint density at radius 1 is 1.81 bits per heavy atom. The number of fused-ring (bicyclic) bond motifs is 1. The van der Waals surface area contributed by atoms with E-state index < -0.39 is 7.60 Å². The largest absolute Gasteiger partial charge is 0.773 e. The van der Waals surface area contributed by atoms with Crippen molar-refractivity contribution in [3.8, 4) is 0 Å². The fourth-order valence-electron chi connectivity index (χ4n) is 1.35. The molecule has 1 atom stereocenters. The quantitative estimate of drug-likeness (QED) is 0.425. The van der Waals surface area contributed by atoms with Gasteiger partial charge in [0.25, 0.3) is 5.82 Å². The number of nitrogens with two attached hydrogens (primary N) is 1. The highest BCUT2D eigenvalue weighted by Gasteiger charge is 2.27. The van der Waals surface area contributed by atoms with Crippen LogP contribution in [0, 0.1) is 0 Å². The van der Waals surface area contributed by atoms with Crippen LogP contribution in [0.4, 0.5) is 0 Å². The van der Waals surface area contributed by atoms with Gasteiger partial charge in [0.1, 0.15) is 0 Å². The van der Waals surface area contributed by atoms with Crippen molar-refractivity contribution >= 4 is 29.3 Å². The van der Waals surface area contributed by atoms with E-state index in [0.29, 0.717) is 17.2 Å². The number of nitrogen functional groups attached to an aromatic ring is 1. The van der Waals surface area contributed by atoms with E-state index in [1.54, 1.807) is 0 Å². The van der Waals surface area contributed by atoms with E-state index in [-0.39, 0.29) is 5.44 Å². The third kappa shape index (κ3) is 1.54. The maximum atomic E-state index is 11.6. The van der Waals surface area contributed by atoms with E-state index in [0.717, 1.165) is 7.11 Å². The summed E-state index contributed by atoms with van der Waals surface area (Å²) in [6.45, 7) is 1.89. The molecule has 0 aliphatic heterocycles. The van der Waals surface area contributed by atoms with Crippen LogP contribution in [-0.4, -0.2) is 16.7 Å². The lowest BCUT2D eigenvalue weighted by molar-refractivity contribution is -0.618. The molecule has 7 nitrogen and oxygen atoms in total. The van der Waals surface area contributed by atoms with Crippen LogP contribution < -0.4 is 20.8 Å². The summed E-state index contributed by atoms with van der Waals surface area (Å²) in [6.07, 6.45) is 0.625. The second-order valence-electron chi connectivity index (χ2n) is 3.11. The third-order valence-corrected chi connectivity index (χ3v) is 4.66. The summed E-state index contributed by atoms with van der Waals surface area (Å²) < 4.78 is 18.7. The van der Waals surface area contributed by atoms with Gasteiger partial charge in [-0.1, -0.05) is 22.8 Å². The molecule has 2 heterocycles. The first kappa shape index (κ1) is 11.5. The summed E-state index contributed by atoms with van der Waals surface area (Å²) in [5.41, 5.74) is 0.0221. The van der Waals surface area contributed by atoms with E-state index in [1.165, 1.54) is 25.9 Å². The highest BCUT2D eigenvalue weighted by atomic mass is 32.1. The van der Waals surface area contributed by atoms with Gasteiger partial charge < -0.3 is 14.0 Å². The zero-order valence-corrected chi connectivity index (χ0v) is 10.5. The van der Waals surface area contributed by atoms with E-state index in [4.69, 9.17) is 5.84 Å². The van der Waals surface area contributed by atoms with Gasteiger partial charge in [-0.25, -0.2) is 0 Å². The Labute approximate surface area is 95.6 Å². The van der Waals surface area contributed by atoms with Crippen molar-refractivity contribution < 1.29 is 18.7 Å². The van der Waals surface area contributed by atoms with Gasteiger partial charge in [-0.15, -0.1) is 4.68 Å². The molecule has 0 aromatic carbocycles. The van der Waals surface area contributed by atoms with Gasteiger partial charge in [0.05, 0.1) is 0 Å². The molecular formula is C7H11N4O3PS. The smallest absolute Gasteiger partial charge is 0.346 e. The molecule has 9 heteroatoms. The zero-order chi connectivity index (χ0) is 11.9. The van der Waals surface area contributed by atoms with Crippen LogP contribution in [0.5, 0.6) is 0 Å². The fourth-order valence-corrected chi connectivity index (χ4v) is 3.41. The van der Waals surface area contributed by atoms with Gasteiger partial charge in [-0.2, -0.15) is 0 Å². The summed E-state index contributed by atoms with van der Waals surface area (Å²) in [7, 11) is -2.93. The lowest BCUT2D eigenvalue weighted by atomic mass is 10.5. The Morgan fingerprint density at radius 3 is 3.06 bits per heavy atom. The van der Waals surface area contributed by atoms with Gasteiger partial charge in [0.15, 0.2) is 0 Å². The average molecular weight is 262 g/mol. The number of rotatable bonds is 3. The van der Waals surface area contributed by atoms with Crippen molar-refractivity contribution in [2.75, 3.05) is 13.0 Å². The molecule has 0 aliphatic rings. The Morgan fingerprint density at radius 2 is 2.50 bits per heavy atom. The second kappa shape index (κ2) is 3.81. The van der Waals surface area contributed by atoms with Gasteiger partial charge in [0.2, 0.25) is 13.0 Å². The highest BCUT2D eigenvalue weighted by molar-refractivity contribution is 7.60. The number of thiazole rings is 1. The van der Waals surface area contributed by atoms with Crippen LogP contribution in [0.15, 0.2) is 5.38 Å². The minimum absolute atomic E-state index is 0.0221. The van der Waals surface area contributed by atoms with Crippen molar-refractivity contribution in [1.29, 1.82) is 0 Å². The van der Waals surface area contributed by atoms with E-state index in [9.17, 15) is 9.46 Å². The first-order valence-electron chi connectivity index (χ1n) is 4.54. The Hall–Kier alpha value is -0.950. The topological polar surface area (TPSA) is 96.6 Å². The third-order valence-electron chi connectivity index (χ3n) is 2.20. The van der Waals surface area contributed by atoms with Crippen molar-refractivity contribution in [3.05, 3.63) is 11.2 Å². The van der Waals surface area contributed by atoms with E-state index >= 15 is 0 Å². The molecule has 0 aliphatic carbocycles. The molecule has 2 rings (SSSR count). The van der Waals surface area contributed by atoms with Crippen LogP contribution >= 0.6 is 18.9 Å². The first-order valence-corrected chi connectivity index (χ1v) is 6.97. The summed E-state index contributed by atoms with van der Waals surface area (Å²) in [5.74, 6) is 6.37. The molecule has 2 aromatic heterocycles. The lowest BCUT2D eigenvalue weighted by Crippen LogP contribution is -2.46. The van der Waals surface area contributed by atoms with Gasteiger partial charge in [-0.05, 0) is 0 Å². The van der Waals surface area contributed by atoms with Crippen LogP contribution in [0.25, 0.3) is 4.96 Å². The summed E-state index contributed by atoms with van der Waals surface area (Å²) >= 11 is 1.21. The molecular weight excluding hydrogens is 251 g/mol. The maximum absolute atomic E-state index is 11.6. The molecule has 0 fully saturated rings. The zero-order valence-electron chi connectivity index (χ0n) is 8.78. The number of aromatic nitrogens is 3. The lowest BCUT2D eigenvalue weighted by Gasteiger charge is -2.15. The van der Waals surface area contributed by atoms with Crippen molar-refractivity contribution in [2.24, 2.45) is 0 Å². The summed E-state index contributed by atoms with van der Waals surface area (Å²) in [6, 6.07) is 0. The number of hydrogen-bond donors (Lipinski definition) is 1. The van der Waals surface area contributed by atoms with Crippen molar-refractivity contribution in [3.63, 3.8) is 0 Å². The van der Waals surface area contributed by atoms with E-state index in [2.05, 4.69) is 9.62 Å². The Balaban J connectivity index is 2.70. The molecule has 1 unspecified atom stereocenters. The molecule has 88 valence electrons. The van der Waals surface area contributed by atoms with Gasteiger partial charge in [0, 0.05) is 24.0 Å². The highest BCUT2D eigenvalue weighted by Crippen LogP contribution is 2.35. The molecule has 0 saturated heterocycles. The Bertz CT molecular complexity index is 577. The van der Waals surface area contributed by atoms with Crippen molar-refractivity contribution in [2.45, 2.75) is 13.3 Å². The predicted octanol–water partition coefficient (Wildman–Crippen LogP) is -1.22. The summed E-state index contributed by atoms with van der Waals surface area (Å²) in [4.78, 5) is 12.1. The standard InChI is InChI=1S/C7H11N4O3PS/c1-3-5-9-11-6(15(12,13)14-2)4-16-7(11)10(5)8/h4H,3,8H2,1-2H3. The van der Waals surface area contributed by atoms with E-state index in [1.807, 2.05) is 6.92 Å². The molecule has 16 heavy (non-hydrogen) atoms. The normalized spacial score (nSPS) is 15.4. The molecule has 0 amide bonds. The second-order valence-corrected chi connectivity index (χ2v) is 5.76. The molecule has 0 saturated carbocycles. The average Bonchev–Trinajstić information content (AvgIpc) is 2.79. The molecule has 0 spiro atoms. The molecule has 0 radical (unpaired) electrons. The van der Waals surface area contributed by atoms with Crippen LogP contribution in [0.3, 0.4) is 0 Å². The number of nitrogens with zero attached hydrogens (tertiary/aromatic N) is 3. The minimum Gasteiger partial charge on any atom is -0.773 e. The molecule has 0 bridgehead atoms. The monoisotopic (exact) mass is 262 g/mol. The molecule has 2 N–H and O–H groups in total. The Kier molecular flexibility index (Phi) is 2.75. The fraction of sp³-hybridized carbons (Fsp3) is 0.429. The van der Waals surface area contributed by atoms with Gasteiger partial charge in [-0.3, -0.25) is 5.84 Å². The van der Waals surface area contributed by atoms with Crippen LogP contribution in [0.1, 0.15) is 12.7 Å². The maximum Gasteiger partial charge on any atom is 0.346 e. The number of hydrogen-bond acceptors (Lipinski definition) is 6. The summed E-state index contributed by atoms with van der Waals surface area (Å²) in [5, 5.41) is 5.58. The number of aryl methyl sites for hydroxylation is 1. The van der Waals surface area contributed by atoms with Crippen LogP contribution in [-0.2, 0) is 15.5 Å². The predicted molar refractivity (Wildman–Crippen MR) is 57.0 cm³/mol.